The molecule has 18 heavy (non-hydrogen) atoms. The molecule has 2 N–H and O–H groups in total. The number of nitrogens with one attached hydrogen (secondary N) is 1. The van der Waals surface area contributed by atoms with Crippen molar-refractivity contribution in [1.29, 1.82) is 0 Å². The molecular formula is C13H22N2O3. The van der Waals surface area contributed by atoms with Crippen molar-refractivity contribution < 1.29 is 14.7 Å². The average molecular weight is 254 g/mol. The number of carbonyl (C=O) groups excluding carboxylic acids is 1. The fraction of sp³-hybridized carbons (Fsp3) is 0.692. The molecule has 0 radical (unpaired) electrons. The van der Waals surface area contributed by atoms with Gasteiger partial charge in [0.15, 0.2) is 0 Å². The monoisotopic (exact) mass is 254 g/mol. The van der Waals surface area contributed by atoms with Gasteiger partial charge >= 0.3 is 12.0 Å². The van der Waals surface area contributed by atoms with Crippen molar-refractivity contribution in [3.63, 3.8) is 0 Å². The van der Waals surface area contributed by atoms with Gasteiger partial charge in [-0.2, -0.15) is 0 Å². The smallest absolute Gasteiger partial charge is 0.329 e. The molecule has 1 aliphatic carbocycles. The van der Waals surface area contributed by atoms with Crippen LogP contribution in [0.15, 0.2) is 12.2 Å². The number of aliphatic carboxylic acids is 1. The second-order valence-electron chi connectivity index (χ2n) is 5.04. The van der Waals surface area contributed by atoms with Crippen molar-refractivity contribution in [2.24, 2.45) is 0 Å². The van der Waals surface area contributed by atoms with Gasteiger partial charge in [-0.15, -0.1) is 0 Å². The molecule has 0 aliphatic heterocycles. The highest BCUT2D eigenvalue weighted by atomic mass is 16.4. The van der Waals surface area contributed by atoms with Crippen LogP contribution in [0.2, 0.25) is 0 Å². The van der Waals surface area contributed by atoms with Gasteiger partial charge < -0.3 is 15.3 Å². The second kappa shape index (κ2) is 5.89. The molecule has 1 aliphatic rings. The molecule has 2 amide bonds. The van der Waals surface area contributed by atoms with Gasteiger partial charge in [0.2, 0.25) is 0 Å². The van der Waals surface area contributed by atoms with Crippen molar-refractivity contribution in [3.05, 3.63) is 12.2 Å². The molecule has 0 aromatic rings. The molecule has 0 spiro atoms. The minimum atomic E-state index is -1.19. The number of likely N-dealkylation sites (N-methyl/N-ethyl adjacent to an activating group) is 1. The van der Waals surface area contributed by atoms with E-state index in [1.807, 2.05) is 6.08 Å². The number of amides is 2. The number of hydrogen-bond acceptors (Lipinski definition) is 2. The molecule has 0 saturated heterocycles. The maximum Gasteiger partial charge on any atom is 0.329 e. The molecule has 0 bridgehead atoms. The third-order valence-corrected chi connectivity index (χ3v) is 3.36. The Morgan fingerprint density at radius 1 is 1.44 bits per heavy atom. The first kappa shape index (κ1) is 14.5. The maximum absolute atomic E-state index is 12.1. The van der Waals surface area contributed by atoms with E-state index in [4.69, 9.17) is 5.11 Å². The van der Waals surface area contributed by atoms with Gasteiger partial charge in [0, 0.05) is 12.6 Å². The molecule has 5 nitrogen and oxygen atoms in total. The summed E-state index contributed by atoms with van der Waals surface area (Å²) in [5.74, 6) is -0.997. The molecule has 1 atom stereocenters. The highest BCUT2D eigenvalue weighted by Gasteiger charge is 2.37. The third-order valence-electron chi connectivity index (χ3n) is 3.36. The highest BCUT2D eigenvalue weighted by Crippen LogP contribution is 2.16. The Hall–Kier alpha value is -1.52. The number of carboxylic acids is 1. The van der Waals surface area contributed by atoms with Crippen LogP contribution in [0.3, 0.4) is 0 Å². The molecule has 0 heterocycles. The van der Waals surface area contributed by atoms with E-state index in [2.05, 4.69) is 11.4 Å². The van der Waals surface area contributed by atoms with Crippen molar-refractivity contribution in [3.8, 4) is 0 Å². The zero-order chi connectivity index (χ0) is 13.8. The Balaban J connectivity index is 2.67. The van der Waals surface area contributed by atoms with Gasteiger partial charge in [-0.25, -0.2) is 9.59 Å². The minimum absolute atomic E-state index is 0.112. The summed E-state index contributed by atoms with van der Waals surface area (Å²) in [7, 11) is 0. The molecule has 1 unspecified atom stereocenters. The van der Waals surface area contributed by atoms with Gasteiger partial charge in [-0.05, 0) is 40.0 Å². The van der Waals surface area contributed by atoms with Crippen molar-refractivity contribution in [2.75, 3.05) is 6.54 Å². The van der Waals surface area contributed by atoms with Gasteiger partial charge in [0.25, 0.3) is 0 Å². The number of rotatable bonds is 4. The van der Waals surface area contributed by atoms with E-state index in [1.165, 1.54) is 4.90 Å². The number of carboxylic acid groups (broad SMARTS) is 1. The summed E-state index contributed by atoms with van der Waals surface area (Å²) in [5.41, 5.74) is -1.19. The fourth-order valence-electron chi connectivity index (χ4n) is 2.09. The van der Waals surface area contributed by atoms with E-state index in [9.17, 15) is 9.59 Å². The quantitative estimate of drug-likeness (QED) is 0.754. The Kier molecular flexibility index (Phi) is 4.76. The lowest BCUT2D eigenvalue weighted by Crippen LogP contribution is -2.57. The van der Waals surface area contributed by atoms with Crippen molar-refractivity contribution in [2.45, 2.75) is 51.6 Å². The third kappa shape index (κ3) is 3.24. The van der Waals surface area contributed by atoms with Crippen LogP contribution in [0.4, 0.5) is 4.79 Å². The lowest BCUT2D eigenvalue weighted by atomic mass is 10.0. The first-order chi connectivity index (χ1) is 8.39. The molecule has 0 aromatic heterocycles. The molecular weight excluding hydrogens is 232 g/mol. The fourth-order valence-corrected chi connectivity index (χ4v) is 2.09. The first-order valence-electron chi connectivity index (χ1n) is 6.36. The normalized spacial score (nSPS) is 19.4. The lowest BCUT2D eigenvalue weighted by molar-refractivity contribution is -0.147. The first-order valence-corrected chi connectivity index (χ1v) is 6.36. The molecule has 0 saturated carbocycles. The van der Waals surface area contributed by atoms with Gasteiger partial charge in [0.05, 0.1) is 0 Å². The van der Waals surface area contributed by atoms with Crippen LogP contribution in [0.5, 0.6) is 0 Å². The van der Waals surface area contributed by atoms with E-state index in [1.54, 1.807) is 20.8 Å². The second-order valence-corrected chi connectivity index (χ2v) is 5.04. The number of nitrogens with zero attached hydrogens (tertiary/aromatic N) is 1. The summed E-state index contributed by atoms with van der Waals surface area (Å²) >= 11 is 0. The predicted octanol–water partition coefficient (Wildman–Crippen LogP) is 1.99. The standard InChI is InChI=1S/C13H22N2O3/c1-4-15(13(2,3)11(16)17)12(18)14-10-8-6-5-7-9-10/h5-6,10H,4,7-9H2,1-3H3,(H,14,18)(H,16,17). The summed E-state index contributed by atoms with van der Waals surface area (Å²) in [6.45, 7) is 5.23. The van der Waals surface area contributed by atoms with Crippen LogP contribution >= 0.6 is 0 Å². The topological polar surface area (TPSA) is 69.6 Å². The van der Waals surface area contributed by atoms with Gasteiger partial charge in [0.1, 0.15) is 5.54 Å². The van der Waals surface area contributed by atoms with E-state index in [0.29, 0.717) is 6.54 Å². The summed E-state index contributed by atoms with van der Waals surface area (Å²) in [6.07, 6.45) is 6.83. The Labute approximate surface area is 108 Å². The van der Waals surface area contributed by atoms with Crippen molar-refractivity contribution >= 4 is 12.0 Å². The number of allylic oxidation sites excluding steroid dienone is 1. The number of hydrogen-bond donors (Lipinski definition) is 2. The van der Waals surface area contributed by atoms with Crippen LogP contribution in [0.25, 0.3) is 0 Å². The van der Waals surface area contributed by atoms with E-state index >= 15 is 0 Å². The lowest BCUT2D eigenvalue weighted by Gasteiger charge is -2.35. The van der Waals surface area contributed by atoms with Crippen LogP contribution in [0, 0.1) is 0 Å². The highest BCUT2D eigenvalue weighted by molar-refractivity contribution is 5.85. The summed E-state index contributed by atoms with van der Waals surface area (Å²) in [5, 5.41) is 12.1. The SMILES string of the molecule is CCN(C(=O)NC1CC=CCC1)C(C)(C)C(=O)O. The van der Waals surface area contributed by atoms with Gasteiger partial charge in [-0.1, -0.05) is 12.2 Å². The van der Waals surface area contributed by atoms with Crippen LogP contribution < -0.4 is 5.32 Å². The predicted molar refractivity (Wildman–Crippen MR) is 69.4 cm³/mol. The van der Waals surface area contributed by atoms with Crippen LogP contribution in [-0.2, 0) is 4.79 Å². The number of carbonyl (C=O) groups is 2. The molecule has 5 heteroatoms. The van der Waals surface area contributed by atoms with Crippen LogP contribution in [0.1, 0.15) is 40.0 Å². The Bertz CT molecular complexity index is 350. The van der Waals surface area contributed by atoms with Crippen LogP contribution in [-0.4, -0.2) is 40.1 Å². The summed E-state index contributed by atoms with van der Waals surface area (Å²) < 4.78 is 0. The maximum atomic E-state index is 12.1. The van der Waals surface area contributed by atoms with Gasteiger partial charge in [-0.3, -0.25) is 0 Å². The largest absolute Gasteiger partial charge is 0.480 e. The molecule has 0 aromatic carbocycles. The Morgan fingerprint density at radius 3 is 2.56 bits per heavy atom. The zero-order valence-electron chi connectivity index (χ0n) is 11.3. The summed E-state index contributed by atoms with van der Waals surface area (Å²) in [4.78, 5) is 24.7. The average Bonchev–Trinajstić information content (AvgIpc) is 2.30. The van der Waals surface area contributed by atoms with Crippen molar-refractivity contribution in [1.82, 2.24) is 10.2 Å². The Morgan fingerprint density at radius 2 is 2.11 bits per heavy atom. The summed E-state index contributed by atoms with van der Waals surface area (Å²) in [6, 6.07) is -0.189. The molecule has 102 valence electrons. The number of urea groups is 1. The minimum Gasteiger partial charge on any atom is -0.480 e. The zero-order valence-corrected chi connectivity index (χ0v) is 11.3. The van der Waals surface area contributed by atoms with E-state index < -0.39 is 11.5 Å². The van der Waals surface area contributed by atoms with E-state index in [0.717, 1.165) is 19.3 Å². The van der Waals surface area contributed by atoms with E-state index in [-0.39, 0.29) is 12.1 Å². The molecule has 0 fully saturated rings. The molecule has 1 rings (SSSR count).